The Bertz CT molecular complexity index is 432. The van der Waals surface area contributed by atoms with Gasteiger partial charge in [-0.15, -0.1) is 0 Å². The van der Waals surface area contributed by atoms with Crippen molar-refractivity contribution in [2.45, 2.75) is 25.3 Å². The minimum atomic E-state index is -0.431. The van der Waals surface area contributed by atoms with E-state index < -0.39 is 5.82 Å². The van der Waals surface area contributed by atoms with Crippen LogP contribution in [-0.4, -0.2) is 29.9 Å². The Kier molecular flexibility index (Phi) is 4.19. The van der Waals surface area contributed by atoms with Crippen LogP contribution in [0.25, 0.3) is 0 Å². The van der Waals surface area contributed by atoms with Crippen LogP contribution in [-0.2, 0) is 11.2 Å². The second kappa shape index (κ2) is 5.67. The van der Waals surface area contributed by atoms with Crippen LogP contribution in [0.2, 0.25) is 5.02 Å². The van der Waals surface area contributed by atoms with E-state index in [1.54, 1.807) is 11.0 Å². The topological polar surface area (TPSA) is 46.3 Å². The fourth-order valence-corrected chi connectivity index (χ4v) is 2.59. The molecule has 0 aliphatic carbocycles. The lowest BCUT2D eigenvalue weighted by Gasteiger charge is -2.23. The molecule has 1 heterocycles. The number of hydrogen-bond donors (Lipinski definition) is 1. The standard InChI is InChI=1S/C13H16ClFN2O/c14-11-4-1-5-12(15)10(11)7-13(18)17-6-2-3-9(17)8-16/h1,4-5,9H,2-3,6-8,16H2. The van der Waals surface area contributed by atoms with Crippen molar-refractivity contribution in [2.24, 2.45) is 5.73 Å². The fourth-order valence-electron chi connectivity index (χ4n) is 2.36. The van der Waals surface area contributed by atoms with E-state index in [9.17, 15) is 9.18 Å². The molecule has 1 aliphatic rings. The maximum absolute atomic E-state index is 13.6. The minimum Gasteiger partial charge on any atom is -0.338 e. The molecule has 1 aromatic carbocycles. The van der Waals surface area contributed by atoms with E-state index in [4.69, 9.17) is 17.3 Å². The molecule has 0 radical (unpaired) electrons. The summed E-state index contributed by atoms with van der Waals surface area (Å²) < 4.78 is 13.6. The first-order chi connectivity index (χ1) is 8.63. The molecule has 18 heavy (non-hydrogen) atoms. The van der Waals surface area contributed by atoms with Crippen molar-refractivity contribution >= 4 is 17.5 Å². The molecule has 0 saturated carbocycles. The first-order valence-corrected chi connectivity index (χ1v) is 6.43. The molecule has 1 amide bonds. The predicted molar refractivity (Wildman–Crippen MR) is 68.9 cm³/mol. The van der Waals surface area contributed by atoms with Gasteiger partial charge in [0.2, 0.25) is 5.91 Å². The van der Waals surface area contributed by atoms with Crippen molar-refractivity contribution in [2.75, 3.05) is 13.1 Å². The summed E-state index contributed by atoms with van der Waals surface area (Å²) in [7, 11) is 0. The zero-order chi connectivity index (χ0) is 13.1. The number of nitrogens with zero attached hydrogens (tertiary/aromatic N) is 1. The van der Waals surface area contributed by atoms with Gasteiger partial charge in [-0.25, -0.2) is 4.39 Å². The smallest absolute Gasteiger partial charge is 0.227 e. The highest BCUT2D eigenvalue weighted by molar-refractivity contribution is 6.31. The van der Waals surface area contributed by atoms with Crippen LogP contribution in [0.5, 0.6) is 0 Å². The lowest BCUT2D eigenvalue weighted by Crippen LogP contribution is -2.40. The van der Waals surface area contributed by atoms with Crippen LogP contribution < -0.4 is 5.73 Å². The van der Waals surface area contributed by atoms with Gasteiger partial charge in [-0.2, -0.15) is 0 Å². The van der Waals surface area contributed by atoms with Crippen molar-refractivity contribution < 1.29 is 9.18 Å². The quantitative estimate of drug-likeness (QED) is 0.913. The summed E-state index contributed by atoms with van der Waals surface area (Å²) in [5.41, 5.74) is 5.89. The number of likely N-dealkylation sites (tertiary alicyclic amines) is 1. The van der Waals surface area contributed by atoms with Gasteiger partial charge in [-0.05, 0) is 25.0 Å². The van der Waals surface area contributed by atoms with E-state index in [-0.39, 0.29) is 23.9 Å². The summed E-state index contributed by atoms with van der Waals surface area (Å²) in [6, 6.07) is 4.53. The Hall–Kier alpha value is -1.13. The summed E-state index contributed by atoms with van der Waals surface area (Å²) >= 11 is 5.92. The zero-order valence-electron chi connectivity index (χ0n) is 10.0. The molecule has 0 bridgehead atoms. The van der Waals surface area contributed by atoms with Gasteiger partial charge in [0.15, 0.2) is 0 Å². The number of halogens is 2. The van der Waals surface area contributed by atoms with Crippen molar-refractivity contribution in [3.8, 4) is 0 Å². The predicted octanol–water partition coefficient (Wildman–Crippen LogP) is 1.97. The first kappa shape index (κ1) is 13.3. The molecule has 3 nitrogen and oxygen atoms in total. The maximum atomic E-state index is 13.6. The van der Waals surface area contributed by atoms with Crippen LogP contribution >= 0.6 is 11.6 Å². The largest absolute Gasteiger partial charge is 0.338 e. The molecule has 0 aromatic heterocycles. The van der Waals surface area contributed by atoms with Gasteiger partial charge < -0.3 is 10.6 Å². The molecule has 1 aliphatic heterocycles. The zero-order valence-corrected chi connectivity index (χ0v) is 10.8. The molecule has 2 N–H and O–H groups in total. The van der Waals surface area contributed by atoms with Gasteiger partial charge in [0.25, 0.3) is 0 Å². The molecular weight excluding hydrogens is 255 g/mol. The summed E-state index contributed by atoms with van der Waals surface area (Å²) in [5, 5.41) is 0.298. The Morgan fingerprint density at radius 2 is 2.33 bits per heavy atom. The lowest BCUT2D eigenvalue weighted by molar-refractivity contribution is -0.131. The van der Waals surface area contributed by atoms with E-state index in [1.807, 2.05) is 0 Å². The lowest BCUT2D eigenvalue weighted by atomic mass is 10.1. The monoisotopic (exact) mass is 270 g/mol. The van der Waals surface area contributed by atoms with Crippen LogP contribution in [0.4, 0.5) is 4.39 Å². The molecule has 2 rings (SSSR count). The third kappa shape index (κ3) is 2.65. The maximum Gasteiger partial charge on any atom is 0.227 e. The van der Waals surface area contributed by atoms with Crippen molar-refractivity contribution in [3.05, 3.63) is 34.6 Å². The third-order valence-electron chi connectivity index (χ3n) is 3.36. The fraction of sp³-hybridized carbons (Fsp3) is 0.462. The molecule has 1 atom stereocenters. The Morgan fingerprint density at radius 3 is 3.00 bits per heavy atom. The van der Waals surface area contributed by atoms with Gasteiger partial charge in [-0.1, -0.05) is 17.7 Å². The average Bonchev–Trinajstić information content (AvgIpc) is 2.82. The Balaban J connectivity index is 2.12. The summed E-state index contributed by atoms with van der Waals surface area (Å²) in [4.78, 5) is 13.9. The summed E-state index contributed by atoms with van der Waals surface area (Å²) in [5.74, 6) is -0.533. The molecule has 1 fully saturated rings. The summed E-state index contributed by atoms with van der Waals surface area (Å²) in [6.45, 7) is 1.16. The van der Waals surface area contributed by atoms with Gasteiger partial charge >= 0.3 is 0 Å². The van der Waals surface area contributed by atoms with E-state index in [0.29, 0.717) is 18.1 Å². The van der Waals surface area contributed by atoms with E-state index >= 15 is 0 Å². The van der Waals surface area contributed by atoms with Crippen LogP contribution in [0.1, 0.15) is 18.4 Å². The van der Waals surface area contributed by atoms with E-state index in [0.717, 1.165) is 12.8 Å². The number of nitrogens with two attached hydrogens (primary N) is 1. The van der Waals surface area contributed by atoms with Gasteiger partial charge in [-0.3, -0.25) is 4.79 Å². The molecule has 5 heteroatoms. The van der Waals surface area contributed by atoms with Crippen molar-refractivity contribution in [3.63, 3.8) is 0 Å². The molecule has 1 unspecified atom stereocenters. The highest BCUT2D eigenvalue weighted by Gasteiger charge is 2.28. The molecular formula is C13H16ClFN2O. The highest BCUT2D eigenvalue weighted by Crippen LogP contribution is 2.22. The first-order valence-electron chi connectivity index (χ1n) is 6.06. The second-order valence-electron chi connectivity index (χ2n) is 4.50. The minimum absolute atomic E-state index is 0.00199. The van der Waals surface area contributed by atoms with Gasteiger partial charge in [0, 0.05) is 29.7 Å². The second-order valence-corrected chi connectivity index (χ2v) is 4.90. The molecule has 98 valence electrons. The van der Waals surface area contributed by atoms with Crippen LogP contribution in [0, 0.1) is 5.82 Å². The van der Waals surface area contributed by atoms with Crippen LogP contribution in [0.3, 0.4) is 0 Å². The number of hydrogen-bond acceptors (Lipinski definition) is 2. The average molecular weight is 271 g/mol. The van der Waals surface area contributed by atoms with Gasteiger partial charge in [0.1, 0.15) is 5.82 Å². The number of benzene rings is 1. The number of carbonyl (C=O) groups is 1. The van der Waals surface area contributed by atoms with E-state index in [1.165, 1.54) is 12.1 Å². The highest BCUT2D eigenvalue weighted by atomic mass is 35.5. The Morgan fingerprint density at radius 1 is 1.56 bits per heavy atom. The number of rotatable bonds is 3. The molecule has 0 spiro atoms. The van der Waals surface area contributed by atoms with Crippen LogP contribution in [0.15, 0.2) is 18.2 Å². The Labute approximate surface area is 111 Å². The van der Waals surface area contributed by atoms with Crippen molar-refractivity contribution in [1.29, 1.82) is 0 Å². The van der Waals surface area contributed by atoms with Crippen molar-refractivity contribution in [1.82, 2.24) is 4.90 Å². The van der Waals surface area contributed by atoms with E-state index in [2.05, 4.69) is 0 Å². The number of carbonyl (C=O) groups excluding carboxylic acids is 1. The summed E-state index contributed by atoms with van der Waals surface area (Å²) in [6.07, 6.45) is 1.88. The molecule has 1 saturated heterocycles. The SMILES string of the molecule is NCC1CCCN1C(=O)Cc1c(F)cccc1Cl. The number of amides is 1. The third-order valence-corrected chi connectivity index (χ3v) is 3.71. The normalized spacial score (nSPS) is 19.3. The van der Waals surface area contributed by atoms with Gasteiger partial charge in [0.05, 0.1) is 6.42 Å². The molecule has 1 aromatic rings.